The van der Waals surface area contributed by atoms with E-state index in [-0.39, 0.29) is 12.1 Å². The minimum atomic E-state index is -0.581. The van der Waals surface area contributed by atoms with Gasteiger partial charge in [-0.3, -0.25) is 4.79 Å². The van der Waals surface area contributed by atoms with Crippen molar-refractivity contribution < 1.29 is 13.6 Å². The van der Waals surface area contributed by atoms with Crippen molar-refractivity contribution in [1.82, 2.24) is 5.32 Å². The lowest BCUT2D eigenvalue weighted by Gasteiger charge is -2.11. The fourth-order valence-electron chi connectivity index (χ4n) is 2.46. The van der Waals surface area contributed by atoms with Crippen molar-refractivity contribution in [2.24, 2.45) is 0 Å². The first-order valence-electron chi connectivity index (χ1n) is 8.06. The Hall–Kier alpha value is -3.17. The van der Waals surface area contributed by atoms with Crippen LogP contribution in [0.3, 0.4) is 0 Å². The van der Waals surface area contributed by atoms with E-state index in [1.54, 1.807) is 42.5 Å². The van der Waals surface area contributed by atoms with Crippen LogP contribution in [0.15, 0.2) is 76.5 Å². The summed E-state index contributed by atoms with van der Waals surface area (Å²) in [5.41, 5.74) is 0.981. The molecule has 0 bridgehead atoms. The second-order valence-corrected chi connectivity index (χ2v) is 6.71. The first-order valence-corrected chi connectivity index (χ1v) is 8.88. The molecule has 0 saturated heterocycles. The molecule has 0 aliphatic heterocycles. The number of halogens is 2. The Labute approximate surface area is 159 Å². The number of carbonyl (C=O) groups excluding carboxylic acids is 1. The molecule has 0 unspecified atom stereocenters. The summed E-state index contributed by atoms with van der Waals surface area (Å²) in [6, 6.07) is 19.3. The zero-order valence-corrected chi connectivity index (χ0v) is 14.9. The molecule has 0 saturated carbocycles. The summed E-state index contributed by atoms with van der Waals surface area (Å²) in [5, 5.41) is 11.8. The number of benzene rings is 3. The number of nitrogens with one attached hydrogen (secondary N) is 1. The van der Waals surface area contributed by atoms with Gasteiger partial charge in [-0.1, -0.05) is 36.0 Å². The minimum Gasteiger partial charge on any atom is -0.348 e. The van der Waals surface area contributed by atoms with Crippen LogP contribution in [0.25, 0.3) is 0 Å². The van der Waals surface area contributed by atoms with Crippen molar-refractivity contribution in [2.45, 2.75) is 16.3 Å². The minimum absolute atomic E-state index is 0.0725. The van der Waals surface area contributed by atoms with Crippen molar-refractivity contribution in [3.8, 4) is 6.07 Å². The maximum Gasteiger partial charge on any atom is 0.252 e. The summed E-state index contributed by atoms with van der Waals surface area (Å²) in [6.45, 7) is -0.129. The number of amides is 1. The Morgan fingerprint density at radius 1 is 1.00 bits per heavy atom. The van der Waals surface area contributed by atoms with Gasteiger partial charge in [0, 0.05) is 21.9 Å². The average Bonchev–Trinajstić information content (AvgIpc) is 2.69. The lowest BCUT2D eigenvalue weighted by molar-refractivity contribution is 0.0947. The Kier molecular flexibility index (Phi) is 5.84. The van der Waals surface area contributed by atoms with Crippen LogP contribution in [0.2, 0.25) is 0 Å². The van der Waals surface area contributed by atoms with Gasteiger partial charge in [0.25, 0.3) is 5.91 Å². The van der Waals surface area contributed by atoms with E-state index >= 15 is 0 Å². The van der Waals surface area contributed by atoms with Crippen molar-refractivity contribution in [2.75, 3.05) is 0 Å². The quantitative estimate of drug-likeness (QED) is 0.684. The zero-order chi connectivity index (χ0) is 19.2. The van der Waals surface area contributed by atoms with Gasteiger partial charge in [-0.25, -0.2) is 8.78 Å². The molecule has 0 spiro atoms. The van der Waals surface area contributed by atoms with Gasteiger partial charge in [0.1, 0.15) is 17.7 Å². The number of nitriles is 1. The molecule has 1 amide bonds. The number of carbonyl (C=O) groups is 1. The Morgan fingerprint density at radius 3 is 2.48 bits per heavy atom. The molecule has 3 aromatic carbocycles. The SMILES string of the molecule is N#Cc1ccccc1Sc1ccccc1C(=O)NCc1cc(F)ccc1F. The summed E-state index contributed by atoms with van der Waals surface area (Å²) < 4.78 is 27.0. The van der Waals surface area contributed by atoms with E-state index in [9.17, 15) is 18.8 Å². The van der Waals surface area contributed by atoms with Gasteiger partial charge < -0.3 is 5.32 Å². The number of hydrogen-bond acceptors (Lipinski definition) is 3. The van der Waals surface area contributed by atoms with Crippen LogP contribution in [0.1, 0.15) is 21.5 Å². The van der Waals surface area contributed by atoms with Gasteiger partial charge in [0.05, 0.1) is 11.1 Å². The van der Waals surface area contributed by atoms with Crippen molar-refractivity contribution in [3.63, 3.8) is 0 Å². The molecule has 3 aromatic rings. The van der Waals surface area contributed by atoms with Gasteiger partial charge in [0.2, 0.25) is 0 Å². The summed E-state index contributed by atoms with van der Waals surface area (Å²) in [5.74, 6) is -1.55. The lowest BCUT2D eigenvalue weighted by atomic mass is 10.2. The van der Waals surface area contributed by atoms with Crippen molar-refractivity contribution >= 4 is 17.7 Å². The standard InChI is InChI=1S/C21H14F2N2OS/c22-16-9-10-18(23)15(11-16)13-25-21(26)17-6-2-4-8-20(17)27-19-7-3-1-5-14(19)12-24/h1-11H,13H2,(H,25,26). The van der Waals surface area contributed by atoms with Crippen molar-refractivity contribution in [1.29, 1.82) is 5.26 Å². The summed E-state index contributed by atoms with van der Waals surface area (Å²) in [6.07, 6.45) is 0. The van der Waals surface area contributed by atoms with Crippen LogP contribution in [-0.4, -0.2) is 5.91 Å². The second kappa shape index (κ2) is 8.47. The molecule has 1 N–H and O–H groups in total. The van der Waals surface area contributed by atoms with E-state index in [2.05, 4.69) is 11.4 Å². The van der Waals surface area contributed by atoms with Crippen LogP contribution in [-0.2, 0) is 6.54 Å². The van der Waals surface area contributed by atoms with E-state index < -0.39 is 17.5 Å². The Balaban J connectivity index is 1.80. The van der Waals surface area contributed by atoms with Crippen LogP contribution in [0.4, 0.5) is 8.78 Å². The second-order valence-electron chi connectivity index (χ2n) is 5.62. The Morgan fingerprint density at radius 2 is 1.70 bits per heavy atom. The van der Waals surface area contributed by atoms with Gasteiger partial charge in [-0.05, 0) is 42.5 Å². The first-order chi connectivity index (χ1) is 13.1. The zero-order valence-electron chi connectivity index (χ0n) is 14.1. The predicted octanol–water partition coefficient (Wildman–Crippen LogP) is 4.92. The van der Waals surface area contributed by atoms with Gasteiger partial charge in [0.15, 0.2) is 0 Å². The molecule has 0 aromatic heterocycles. The van der Waals surface area contributed by atoms with Gasteiger partial charge in [-0.2, -0.15) is 5.26 Å². The molecule has 0 radical (unpaired) electrons. The Bertz CT molecular complexity index is 1030. The maximum absolute atomic E-state index is 13.7. The highest BCUT2D eigenvalue weighted by Crippen LogP contribution is 2.32. The van der Waals surface area contributed by atoms with Crippen LogP contribution < -0.4 is 5.32 Å². The molecule has 0 fully saturated rings. The van der Waals surface area contributed by atoms with Crippen LogP contribution in [0, 0.1) is 23.0 Å². The average molecular weight is 380 g/mol. The summed E-state index contributed by atoms with van der Waals surface area (Å²) in [7, 11) is 0. The van der Waals surface area contributed by atoms with Crippen LogP contribution >= 0.6 is 11.8 Å². The third-order valence-electron chi connectivity index (χ3n) is 3.81. The third-order valence-corrected chi connectivity index (χ3v) is 4.96. The van der Waals surface area contributed by atoms with Crippen LogP contribution in [0.5, 0.6) is 0 Å². The normalized spacial score (nSPS) is 10.3. The van der Waals surface area contributed by atoms with Gasteiger partial charge >= 0.3 is 0 Å². The number of hydrogen-bond donors (Lipinski definition) is 1. The fourth-order valence-corrected chi connectivity index (χ4v) is 3.48. The largest absolute Gasteiger partial charge is 0.348 e. The highest BCUT2D eigenvalue weighted by molar-refractivity contribution is 7.99. The number of nitrogens with zero attached hydrogens (tertiary/aromatic N) is 1. The molecular formula is C21H14F2N2OS. The molecule has 0 aliphatic rings. The van der Waals surface area contributed by atoms with E-state index in [1.165, 1.54) is 11.8 Å². The smallest absolute Gasteiger partial charge is 0.252 e. The van der Waals surface area contributed by atoms with E-state index in [4.69, 9.17) is 0 Å². The fraction of sp³-hybridized carbons (Fsp3) is 0.0476. The molecule has 134 valence electrons. The van der Waals surface area contributed by atoms with Crippen molar-refractivity contribution in [3.05, 3.63) is 95.1 Å². The maximum atomic E-state index is 13.7. The van der Waals surface area contributed by atoms with E-state index in [1.807, 2.05) is 6.07 Å². The topological polar surface area (TPSA) is 52.9 Å². The van der Waals surface area contributed by atoms with E-state index in [0.717, 1.165) is 23.1 Å². The third kappa shape index (κ3) is 4.52. The predicted molar refractivity (Wildman–Crippen MR) is 99.3 cm³/mol. The monoisotopic (exact) mass is 380 g/mol. The molecule has 3 nitrogen and oxygen atoms in total. The molecular weight excluding hydrogens is 366 g/mol. The molecule has 3 rings (SSSR count). The molecule has 0 heterocycles. The number of rotatable bonds is 5. The van der Waals surface area contributed by atoms with Gasteiger partial charge in [-0.15, -0.1) is 0 Å². The summed E-state index contributed by atoms with van der Waals surface area (Å²) >= 11 is 1.30. The molecule has 27 heavy (non-hydrogen) atoms. The first kappa shape index (κ1) is 18.6. The highest BCUT2D eigenvalue weighted by Gasteiger charge is 2.14. The highest BCUT2D eigenvalue weighted by atomic mass is 32.2. The molecule has 0 atom stereocenters. The summed E-state index contributed by atoms with van der Waals surface area (Å²) in [4.78, 5) is 14.0. The lowest BCUT2D eigenvalue weighted by Crippen LogP contribution is -2.24. The molecule has 0 aliphatic carbocycles. The molecule has 6 heteroatoms. The van der Waals surface area contributed by atoms with E-state index in [0.29, 0.717) is 16.0 Å².